The van der Waals surface area contributed by atoms with Crippen molar-refractivity contribution in [3.8, 4) is 5.75 Å². The number of hydrogen-bond donors (Lipinski definition) is 2. The van der Waals surface area contributed by atoms with Gasteiger partial charge in [0.15, 0.2) is 6.10 Å². The highest BCUT2D eigenvalue weighted by Gasteiger charge is 2.19. The van der Waals surface area contributed by atoms with Crippen molar-refractivity contribution in [2.45, 2.75) is 13.0 Å². The van der Waals surface area contributed by atoms with Crippen LogP contribution in [0, 0.1) is 0 Å². The Hall–Kier alpha value is -2.73. The first-order chi connectivity index (χ1) is 11.4. The SMILES string of the molecule is COc1cccc(NC(=O)[C@@H](C)OC(=O)c2ccc(Cl)c(N)c2)c1. The zero-order valence-corrected chi connectivity index (χ0v) is 14.0. The first-order valence-electron chi connectivity index (χ1n) is 7.11. The Morgan fingerprint density at radius 1 is 1.21 bits per heavy atom. The van der Waals surface area contributed by atoms with Crippen LogP contribution in [0.1, 0.15) is 17.3 Å². The van der Waals surface area contributed by atoms with Gasteiger partial charge >= 0.3 is 5.97 Å². The molecule has 1 atom stereocenters. The Morgan fingerprint density at radius 2 is 1.96 bits per heavy atom. The number of esters is 1. The van der Waals surface area contributed by atoms with Crippen LogP contribution in [0.25, 0.3) is 0 Å². The molecule has 0 fully saturated rings. The van der Waals surface area contributed by atoms with Gasteiger partial charge in [0.05, 0.1) is 23.4 Å². The molecule has 126 valence electrons. The van der Waals surface area contributed by atoms with Gasteiger partial charge in [-0.1, -0.05) is 17.7 Å². The molecule has 0 aliphatic carbocycles. The molecule has 3 N–H and O–H groups in total. The number of carbonyl (C=O) groups excluding carboxylic acids is 2. The zero-order chi connectivity index (χ0) is 17.7. The molecular formula is C17H17ClN2O4. The lowest BCUT2D eigenvalue weighted by atomic mass is 10.2. The van der Waals surface area contributed by atoms with Crippen LogP contribution < -0.4 is 15.8 Å². The van der Waals surface area contributed by atoms with Crippen LogP contribution in [0.4, 0.5) is 11.4 Å². The second-order valence-corrected chi connectivity index (χ2v) is 5.41. The van der Waals surface area contributed by atoms with E-state index in [2.05, 4.69) is 5.32 Å². The van der Waals surface area contributed by atoms with Crippen molar-refractivity contribution in [2.24, 2.45) is 0 Å². The largest absolute Gasteiger partial charge is 0.497 e. The summed E-state index contributed by atoms with van der Waals surface area (Å²) in [5.74, 6) is -0.515. The number of benzene rings is 2. The quantitative estimate of drug-likeness (QED) is 0.640. The van der Waals surface area contributed by atoms with Gasteiger partial charge < -0.3 is 20.5 Å². The fraction of sp³-hybridized carbons (Fsp3) is 0.176. The van der Waals surface area contributed by atoms with E-state index < -0.39 is 18.0 Å². The third-order valence-corrected chi connectivity index (χ3v) is 3.57. The number of amides is 1. The highest BCUT2D eigenvalue weighted by atomic mass is 35.5. The summed E-state index contributed by atoms with van der Waals surface area (Å²) < 4.78 is 10.2. The molecule has 0 unspecified atom stereocenters. The summed E-state index contributed by atoms with van der Waals surface area (Å²) in [7, 11) is 1.53. The number of halogens is 1. The van der Waals surface area contributed by atoms with E-state index in [1.54, 1.807) is 24.3 Å². The molecular weight excluding hydrogens is 332 g/mol. The summed E-state index contributed by atoms with van der Waals surface area (Å²) in [6, 6.07) is 11.2. The van der Waals surface area contributed by atoms with Gasteiger partial charge in [-0.2, -0.15) is 0 Å². The van der Waals surface area contributed by atoms with Crippen LogP contribution in [0.2, 0.25) is 5.02 Å². The van der Waals surface area contributed by atoms with Gasteiger partial charge in [-0.05, 0) is 37.3 Å². The number of nitrogens with one attached hydrogen (secondary N) is 1. The lowest BCUT2D eigenvalue weighted by molar-refractivity contribution is -0.123. The number of nitrogens with two attached hydrogens (primary N) is 1. The predicted molar refractivity (Wildman–Crippen MR) is 92.4 cm³/mol. The average Bonchev–Trinajstić information content (AvgIpc) is 2.57. The maximum atomic E-state index is 12.1. The van der Waals surface area contributed by atoms with Crippen molar-refractivity contribution in [3.63, 3.8) is 0 Å². The Balaban J connectivity index is 1.99. The molecule has 24 heavy (non-hydrogen) atoms. The monoisotopic (exact) mass is 348 g/mol. The normalized spacial score (nSPS) is 11.5. The standard InChI is InChI=1S/C17H17ClN2O4/c1-10(16(21)20-12-4-3-5-13(9-12)23-2)24-17(22)11-6-7-14(18)15(19)8-11/h3-10H,19H2,1-2H3,(H,20,21)/t10-/m1/s1. The summed E-state index contributed by atoms with van der Waals surface area (Å²) in [6.45, 7) is 1.48. The molecule has 6 nitrogen and oxygen atoms in total. The lowest BCUT2D eigenvalue weighted by Crippen LogP contribution is -2.30. The van der Waals surface area contributed by atoms with E-state index in [4.69, 9.17) is 26.8 Å². The molecule has 2 aromatic carbocycles. The van der Waals surface area contributed by atoms with Gasteiger partial charge in [0.25, 0.3) is 5.91 Å². The van der Waals surface area contributed by atoms with Crippen LogP contribution in [0.5, 0.6) is 5.75 Å². The second-order valence-electron chi connectivity index (χ2n) is 5.01. The molecule has 0 heterocycles. The Morgan fingerprint density at radius 3 is 2.62 bits per heavy atom. The molecule has 0 aliphatic rings. The number of ether oxygens (including phenoxy) is 2. The minimum atomic E-state index is -0.986. The molecule has 0 saturated carbocycles. The van der Waals surface area contributed by atoms with Crippen molar-refractivity contribution in [2.75, 3.05) is 18.2 Å². The van der Waals surface area contributed by atoms with Crippen molar-refractivity contribution >= 4 is 34.9 Å². The molecule has 0 radical (unpaired) electrons. The van der Waals surface area contributed by atoms with Gasteiger partial charge in [0.1, 0.15) is 5.75 Å². The van der Waals surface area contributed by atoms with Crippen molar-refractivity contribution in [1.29, 1.82) is 0 Å². The average molecular weight is 349 g/mol. The minimum absolute atomic E-state index is 0.220. The van der Waals surface area contributed by atoms with Crippen LogP contribution in [-0.2, 0) is 9.53 Å². The summed E-state index contributed by atoms with van der Waals surface area (Å²) in [6.07, 6.45) is -0.986. The Kier molecular flexibility index (Phi) is 5.65. The molecule has 0 bridgehead atoms. The topological polar surface area (TPSA) is 90.6 Å². The van der Waals surface area contributed by atoms with Crippen molar-refractivity contribution in [1.82, 2.24) is 0 Å². The van der Waals surface area contributed by atoms with E-state index >= 15 is 0 Å². The van der Waals surface area contributed by atoms with E-state index in [-0.39, 0.29) is 11.3 Å². The number of methoxy groups -OCH3 is 1. The molecule has 2 aromatic rings. The number of rotatable bonds is 5. The fourth-order valence-electron chi connectivity index (χ4n) is 1.90. The smallest absolute Gasteiger partial charge is 0.338 e. The molecule has 0 saturated heterocycles. The number of anilines is 2. The maximum absolute atomic E-state index is 12.1. The van der Waals surface area contributed by atoms with Gasteiger partial charge in [0.2, 0.25) is 0 Å². The van der Waals surface area contributed by atoms with Crippen molar-refractivity contribution < 1.29 is 19.1 Å². The molecule has 1 amide bonds. The summed E-state index contributed by atoms with van der Waals surface area (Å²) in [5.41, 5.74) is 6.67. The third-order valence-electron chi connectivity index (χ3n) is 3.22. The van der Waals surface area contributed by atoms with Crippen molar-refractivity contribution in [3.05, 3.63) is 53.1 Å². The fourth-order valence-corrected chi connectivity index (χ4v) is 2.02. The zero-order valence-electron chi connectivity index (χ0n) is 13.2. The minimum Gasteiger partial charge on any atom is -0.497 e. The van der Waals surface area contributed by atoms with Gasteiger partial charge in [-0.25, -0.2) is 4.79 Å². The lowest BCUT2D eigenvalue weighted by Gasteiger charge is -2.14. The number of nitrogen functional groups attached to an aromatic ring is 1. The van der Waals surface area contributed by atoms with E-state index in [1.807, 2.05) is 0 Å². The molecule has 0 aromatic heterocycles. The highest BCUT2D eigenvalue weighted by molar-refractivity contribution is 6.33. The third kappa shape index (κ3) is 4.39. The van der Waals surface area contributed by atoms with Gasteiger partial charge in [0, 0.05) is 11.8 Å². The van der Waals surface area contributed by atoms with E-state index in [9.17, 15) is 9.59 Å². The molecule has 0 aliphatic heterocycles. The van der Waals surface area contributed by atoms with Crippen LogP contribution in [0.15, 0.2) is 42.5 Å². The van der Waals surface area contributed by atoms with E-state index in [1.165, 1.54) is 32.2 Å². The molecule has 7 heteroatoms. The predicted octanol–water partition coefficient (Wildman–Crippen LogP) is 3.11. The Labute approximate surface area is 144 Å². The summed E-state index contributed by atoms with van der Waals surface area (Å²) in [5, 5.41) is 2.99. The van der Waals surface area contributed by atoms with Crippen LogP contribution in [-0.4, -0.2) is 25.1 Å². The van der Waals surface area contributed by atoms with Crippen LogP contribution >= 0.6 is 11.6 Å². The number of hydrogen-bond acceptors (Lipinski definition) is 5. The number of carbonyl (C=O) groups is 2. The van der Waals surface area contributed by atoms with Crippen LogP contribution in [0.3, 0.4) is 0 Å². The molecule has 2 rings (SSSR count). The molecule has 0 spiro atoms. The highest BCUT2D eigenvalue weighted by Crippen LogP contribution is 2.20. The van der Waals surface area contributed by atoms with E-state index in [0.29, 0.717) is 16.5 Å². The summed E-state index contributed by atoms with van der Waals surface area (Å²) >= 11 is 5.81. The summed E-state index contributed by atoms with van der Waals surface area (Å²) in [4.78, 5) is 24.2. The second kappa shape index (κ2) is 7.70. The Bertz CT molecular complexity index is 764. The maximum Gasteiger partial charge on any atom is 0.338 e. The first-order valence-corrected chi connectivity index (χ1v) is 7.49. The van der Waals surface area contributed by atoms with E-state index in [0.717, 1.165) is 0 Å². The first kappa shape index (κ1) is 17.6. The van der Waals surface area contributed by atoms with Gasteiger partial charge in [-0.3, -0.25) is 4.79 Å². The van der Waals surface area contributed by atoms with Gasteiger partial charge in [-0.15, -0.1) is 0 Å².